The summed E-state index contributed by atoms with van der Waals surface area (Å²) in [6.45, 7) is 5.83. The second kappa shape index (κ2) is 5.90. The highest BCUT2D eigenvalue weighted by Crippen LogP contribution is 2.25. The van der Waals surface area contributed by atoms with Crippen molar-refractivity contribution in [2.75, 3.05) is 7.11 Å². The summed E-state index contributed by atoms with van der Waals surface area (Å²) >= 11 is 0. The van der Waals surface area contributed by atoms with Crippen molar-refractivity contribution in [3.63, 3.8) is 0 Å². The zero-order valence-electron chi connectivity index (χ0n) is 13.0. The molecular formula is C17H23N3O. The summed E-state index contributed by atoms with van der Waals surface area (Å²) in [5.41, 5.74) is 4.60. The lowest BCUT2D eigenvalue weighted by molar-refractivity contribution is 0.406. The first-order chi connectivity index (χ1) is 10.2. The first kappa shape index (κ1) is 14.1. The molecule has 0 radical (unpaired) electrons. The fraction of sp³-hybridized carbons (Fsp3) is 0.471. The minimum atomic E-state index is 0.729. The Morgan fingerprint density at radius 1 is 1.38 bits per heavy atom. The average Bonchev–Trinajstić information content (AvgIpc) is 3.20. The molecule has 0 spiro atoms. The number of hydrogen-bond acceptors (Lipinski definition) is 3. The molecule has 1 saturated carbocycles. The average molecular weight is 285 g/mol. The van der Waals surface area contributed by atoms with Gasteiger partial charge in [0.1, 0.15) is 5.75 Å². The van der Waals surface area contributed by atoms with Crippen LogP contribution in [0.2, 0.25) is 0 Å². The summed E-state index contributed by atoms with van der Waals surface area (Å²) < 4.78 is 7.75. The van der Waals surface area contributed by atoms with Gasteiger partial charge in [-0.1, -0.05) is 0 Å². The first-order valence-corrected chi connectivity index (χ1v) is 7.55. The normalized spacial score (nSPS) is 14.4. The molecule has 0 saturated heterocycles. The van der Waals surface area contributed by atoms with E-state index >= 15 is 0 Å². The van der Waals surface area contributed by atoms with Crippen LogP contribution in [0, 0.1) is 13.8 Å². The van der Waals surface area contributed by atoms with Crippen LogP contribution >= 0.6 is 0 Å². The third-order valence-corrected chi connectivity index (χ3v) is 4.14. The number of hydrogen-bond donors (Lipinski definition) is 1. The maximum atomic E-state index is 5.49. The second-order valence-corrected chi connectivity index (χ2v) is 5.83. The zero-order valence-corrected chi connectivity index (χ0v) is 13.0. The quantitative estimate of drug-likeness (QED) is 0.887. The largest absolute Gasteiger partial charge is 0.496 e. The summed E-state index contributed by atoms with van der Waals surface area (Å²) in [6, 6.07) is 5.01. The number of methoxy groups -OCH3 is 1. The van der Waals surface area contributed by atoms with E-state index in [1.807, 2.05) is 13.1 Å². The maximum absolute atomic E-state index is 5.49. The Balaban J connectivity index is 1.78. The van der Waals surface area contributed by atoms with Crippen LogP contribution in [0.5, 0.6) is 5.75 Å². The molecule has 3 rings (SSSR count). The number of nitrogens with one attached hydrogen (secondary N) is 1. The van der Waals surface area contributed by atoms with Crippen molar-refractivity contribution in [2.45, 2.75) is 45.8 Å². The van der Waals surface area contributed by atoms with E-state index in [9.17, 15) is 0 Å². The Labute approximate surface area is 126 Å². The molecule has 2 heterocycles. The molecule has 4 nitrogen and oxygen atoms in total. The van der Waals surface area contributed by atoms with Gasteiger partial charge in [-0.15, -0.1) is 0 Å². The number of pyridine rings is 1. The van der Waals surface area contributed by atoms with Crippen LogP contribution in [0.25, 0.3) is 0 Å². The number of ether oxygens (including phenoxy) is 1. The van der Waals surface area contributed by atoms with E-state index < -0.39 is 0 Å². The van der Waals surface area contributed by atoms with Crippen LogP contribution in [-0.4, -0.2) is 22.7 Å². The van der Waals surface area contributed by atoms with Crippen molar-refractivity contribution >= 4 is 0 Å². The summed E-state index contributed by atoms with van der Waals surface area (Å²) in [5, 5.41) is 3.57. The standard InChI is InChI=1S/C17H23N3O/c1-12-9-19-16(13(2)17(12)21-3)11-20-8-4-5-15(20)10-18-14-6-7-14/h4-5,8-9,14,18H,6-7,10-11H2,1-3H3. The highest BCUT2D eigenvalue weighted by atomic mass is 16.5. The van der Waals surface area contributed by atoms with Gasteiger partial charge in [0.2, 0.25) is 0 Å². The molecule has 1 aliphatic carbocycles. The van der Waals surface area contributed by atoms with Gasteiger partial charge in [0.15, 0.2) is 0 Å². The lowest BCUT2D eigenvalue weighted by Gasteiger charge is -2.14. The van der Waals surface area contributed by atoms with E-state index in [2.05, 4.69) is 40.1 Å². The molecule has 21 heavy (non-hydrogen) atoms. The van der Waals surface area contributed by atoms with Crippen molar-refractivity contribution in [1.82, 2.24) is 14.9 Å². The molecule has 0 amide bonds. The minimum Gasteiger partial charge on any atom is -0.496 e. The smallest absolute Gasteiger partial charge is 0.128 e. The monoisotopic (exact) mass is 285 g/mol. The van der Waals surface area contributed by atoms with E-state index in [4.69, 9.17) is 4.74 Å². The summed E-state index contributed by atoms with van der Waals surface area (Å²) in [6.07, 6.45) is 6.65. The predicted octanol–water partition coefficient (Wildman–Crippen LogP) is 2.81. The van der Waals surface area contributed by atoms with E-state index in [-0.39, 0.29) is 0 Å². The van der Waals surface area contributed by atoms with Crippen molar-refractivity contribution in [2.24, 2.45) is 0 Å². The van der Waals surface area contributed by atoms with Gasteiger partial charge in [0.25, 0.3) is 0 Å². The Hall–Kier alpha value is -1.81. The third-order valence-electron chi connectivity index (χ3n) is 4.14. The van der Waals surface area contributed by atoms with Crippen LogP contribution in [0.1, 0.15) is 35.4 Å². The maximum Gasteiger partial charge on any atom is 0.128 e. The van der Waals surface area contributed by atoms with Gasteiger partial charge < -0.3 is 14.6 Å². The second-order valence-electron chi connectivity index (χ2n) is 5.83. The first-order valence-electron chi connectivity index (χ1n) is 7.55. The molecular weight excluding hydrogens is 262 g/mol. The highest BCUT2D eigenvalue weighted by molar-refractivity contribution is 5.41. The SMILES string of the molecule is COc1c(C)cnc(Cn2cccc2CNC2CC2)c1C. The van der Waals surface area contributed by atoms with Crippen molar-refractivity contribution in [1.29, 1.82) is 0 Å². The lowest BCUT2D eigenvalue weighted by atomic mass is 10.1. The molecule has 0 aromatic carbocycles. The fourth-order valence-corrected chi connectivity index (χ4v) is 2.69. The molecule has 2 aromatic heterocycles. The van der Waals surface area contributed by atoms with Gasteiger partial charge in [0.05, 0.1) is 19.3 Å². The molecule has 0 aliphatic heterocycles. The molecule has 0 bridgehead atoms. The van der Waals surface area contributed by atoms with Gasteiger partial charge in [0, 0.05) is 41.8 Å². The van der Waals surface area contributed by atoms with E-state index in [1.165, 1.54) is 18.5 Å². The van der Waals surface area contributed by atoms with Crippen molar-refractivity contribution < 1.29 is 4.74 Å². The fourth-order valence-electron chi connectivity index (χ4n) is 2.69. The van der Waals surface area contributed by atoms with E-state index in [0.717, 1.165) is 41.7 Å². The molecule has 4 heteroatoms. The Bertz CT molecular complexity index is 629. The Morgan fingerprint density at radius 3 is 2.90 bits per heavy atom. The summed E-state index contributed by atoms with van der Waals surface area (Å²) in [7, 11) is 1.72. The van der Waals surface area contributed by atoms with Crippen LogP contribution in [0.3, 0.4) is 0 Å². The molecule has 112 valence electrons. The molecule has 0 atom stereocenters. The molecule has 2 aromatic rings. The highest BCUT2D eigenvalue weighted by Gasteiger charge is 2.20. The zero-order chi connectivity index (χ0) is 14.8. The number of aryl methyl sites for hydroxylation is 1. The van der Waals surface area contributed by atoms with Crippen molar-refractivity contribution in [3.05, 3.63) is 47.0 Å². The van der Waals surface area contributed by atoms with Gasteiger partial charge in [-0.25, -0.2) is 0 Å². The number of rotatable bonds is 6. The van der Waals surface area contributed by atoms with Crippen molar-refractivity contribution in [3.8, 4) is 5.75 Å². The molecule has 1 fully saturated rings. The van der Waals surface area contributed by atoms with Gasteiger partial charge in [-0.05, 0) is 38.8 Å². The predicted molar refractivity (Wildman–Crippen MR) is 83.7 cm³/mol. The lowest BCUT2D eigenvalue weighted by Crippen LogP contribution is -2.18. The van der Waals surface area contributed by atoms with Gasteiger partial charge >= 0.3 is 0 Å². The van der Waals surface area contributed by atoms with Crippen LogP contribution in [0.4, 0.5) is 0 Å². The van der Waals surface area contributed by atoms with Crippen LogP contribution in [0.15, 0.2) is 24.5 Å². The topological polar surface area (TPSA) is 39.1 Å². The van der Waals surface area contributed by atoms with Crippen LogP contribution in [-0.2, 0) is 13.1 Å². The molecule has 1 aliphatic rings. The van der Waals surface area contributed by atoms with Gasteiger partial charge in [-0.3, -0.25) is 4.98 Å². The summed E-state index contributed by atoms with van der Waals surface area (Å²) in [5.74, 6) is 0.949. The van der Waals surface area contributed by atoms with E-state index in [0.29, 0.717) is 0 Å². The number of aromatic nitrogens is 2. The third kappa shape index (κ3) is 3.10. The van der Waals surface area contributed by atoms with Gasteiger partial charge in [-0.2, -0.15) is 0 Å². The van der Waals surface area contributed by atoms with Crippen LogP contribution < -0.4 is 10.1 Å². The Morgan fingerprint density at radius 2 is 2.19 bits per heavy atom. The Kier molecular flexibility index (Phi) is 3.97. The number of nitrogens with zero attached hydrogens (tertiary/aromatic N) is 2. The minimum absolute atomic E-state index is 0.729. The van der Waals surface area contributed by atoms with E-state index in [1.54, 1.807) is 7.11 Å². The summed E-state index contributed by atoms with van der Waals surface area (Å²) in [4.78, 5) is 4.59. The molecule has 0 unspecified atom stereocenters. The molecule has 1 N–H and O–H groups in total.